The zero-order valence-corrected chi connectivity index (χ0v) is 26.2. The summed E-state index contributed by atoms with van der Waals surface area (Å²) in [5.74, 6) is -0.388. The van der Waals surface area contributed by atoms with Gasteiger partial charge in [0, 0.05) is 46.8 Å². The number of nitrogens with zero attached hydrogens (tertiary/aromatic N) is 2. The van der Waals surface area contributed by atoms with Crippen molar-refractivity contribution in [1.29, 1.82) is 0 Å². The molecule has 47 heavy (non-hydrogen) atoms. The summed E-state index contributed by atoms with van der Waals surface area (Å²) in [6.07, 6.45) is 0. The highest BCUT2D eigenvalue weighted by molar-refractivity contribution is 5.95. The fraction of sp³-hybridized carbons (Fsp3) is 0.0732. The molecule has 0 aliphatic carbocycles. The first-order valence-corrected chi connectivity index (χ1v) is 15.3. The van der Waals surface area contributed by atoms with Gasteiger partial charge in [0.2, 0.25) is 0 Å². The largest absolute Gasteiger partial charge is 0.435 e. The summed E-state index contributed by atoms with van der Waals surface area (Å²) >= 11 is 0. The zero-order valence-electron chi connectivity index (χ0n) is 26.2. The normalized spacial score (nSPS) is 10.7. The minimum atomic E-state index is -0.433. The summed E-state index contributed by atoms with van der Waals surface area (Å²) in [5, 5.41) is 0. The molecule has 0 fully saturated rings. The monoisotopic (exact) mass is 618 g/mol. The van der Waals surface area contributed by atoms with E-state index in [1.54, 1.807) is 19.1 Å². The van der Waals surface area contributed by atoms with Gasteiger partial charge in [0.15, 0.2) is 12.6 Å². The predicted molar refractivity (Wildman–Crippen MR) is 189 cm³/mol. The first-order chi connectivity index (χ1) is 23.0. The molecule has 0 aliphatic heterocycles. The lowest BCUT2D eigenvalue weighted by molar-refractivity contribution is -0.0125. The van der Waals surface area contributed by atoms with Gasteiger partial charge in [0.1, 0.15) is 0 Å². The average Bonchev–Trinajstić information content (AvgIpc) is 3.13. The Morgan fingerprint density at radius 2 is 0.809 bits per heavy atom. The van der Waals surface area contributed by atoms with Gasteiger partial charge in [-0.05, 0) is 115 Å². The molecule has 0 aliphatic rings. The number of para-hydroxylation sites is 2. The lowest BCUT2D eigenvalue weighted by Gasteiger charge is -2.26. The van der Waals surface area contributed by atoms with E-state index in [4.69, 9.17) is 9.47 Å². The van der Waals surface area contributed by atoms with Gasteiger partial charge < -0.3 is 19.3 Å². The smallest absolute Gasteiger partial charge is 0.340 e. The number of carbonyl (C=O) groups is 2. The molecule has 6 heteroatoms. The van der Waals surface area contributed by atoms with E-state index in [1.807, 2.05) is 72.8 Å². The number of benzene rings is 6. The molecule has 6 aromatic rings. The van der Waals surface area contributed by atoms with Crippen LogP contribution in [0.4, 0.5) is 34.1 Å². The number of rotatable bonds is 11. The van der Waals surface area contributed by atoms with Crippen LogP contribution in [0, 0.1) is 0 Å². The molecular formula is C41H34N2O4. The molecule has 0 saturated carbocycles. The molecular weight excluding hydrogens is 584 g/mol. The Bertz CT molecular complexity index is 1920. The van der Waals surface area contributed by atoms with Crippen LogP contribution < -0.4 is 9.80 Å². The molecule has 0 heterocycles. The van der Waals surface area contributed by atoms with E-state index in [-0.39, 0.29) is 12.6 Å². The summed E-state index contributed by atoms with van der Waals surface area (Å²) in [6, 6.07) is 52.3. The maximum absolute atomic E-state index is 12.3. The van der Waals surface area contributed by atoms with Gasteiger partial charge >= 0.3 is 5.97 Å². The van der Waals surface area contributed by atoms with E-state index >= 15 is 0 Å². The average molecular weight is 619 g/mol. The summed E-state index contributed by atoms with van der Waals surface area (Å²) in [4.78, 5) is 28.5. The molecule has 0 saturated heterocycles. The Morgan fingerprint density at radius 3 is 1.17 bits per heavy atom. The second-order valence-electron chi connectivity index (χ2n) is 10.9. The van der Waals surface area contributed by atoms with Gasteiger partial charge in [-0.2, -0.15) is 0 Å². The van der Waals surface area contributed by atoms with E-state index < -0.39 is 5.97 Å². The Balaban J connectivity index is 1.28. The number of ketones is 1. The first kappa shape index (κ1) is 31.0. The molecule has 0 radical (unpaired) electrons. The van der Waals surface area contributed by atoms with E-state index in [9.17, 15) is 9.59 Å². The molecule has 6 aromatic carbocycles. The maximum Gasteiger partial charge on any atom is 0.340 e. The van der Waals surface area contributed by atoms with Crippen molar-refractivity contribution in [1.82, 2.24) is 0 Å². The van der Waals surface area contributed by atoms with Crippen LogP contribution >= 0.6 is 0 Å². The predicted octanol–water partition coefficient (Wildman–Crippen LogP) is 10.3. The van der Waals surface area contributed by atoms with Crippen LogP contribution in [0.3, 0.4) is 0 Å². The SMILES string of the molecule is COCOC(=O)c1ccc(N(c2ccccc2)c2ccc(-c3ccc(N(c4ccccc4)c4ccc(C(C)=O)cc4)cc3)cc2)cc1. The van der Waals surface area contributed by atoms with Gasteiger partial charge in [-0.25, -0.2) is 4.79 Å². The molecule has 0 atom stereocenters. The minimum Gasteiger partial charge on any atom is -0.435 e. The highest BCUT2D eigenvalue weighted by atomic mass is 16.7. The van der Waals surface area contributed by atoms with Crippen LogP contribution in [0.2, 0.25) is 0 Å². The number of Topliss-reactive ketones (excluding diaryl/α,β-unsaturated/α-hetero) is 1. The third-order valence-corrected chi connectivity index (χ3v) is 7.81. The third-order valence-electron chi connectivity index (χ3n) is 7.81. The van der Waals surface area contributed by atoms with E-state index in [0.717, 1.165) is 45.3 Å². The van der Waals surface area contributed by atoms with Crippen LogP contribution in [0.5, 0.6) is 0 Å². The Hall–Kier alpha value is -5.98. The zero-order chi connectivity index (χ0) is 32.6. The van der Waals surface area contributed by atoms with Crippen molar-refractivity contribution in [3.8, 4) is 11.1 Å². The molecule has 0 aromatic heterocycles. The number of hydrogen-bond acceptors (Lipinski definition) is 6. The summed E-state index contributed by atoms with van der Waals surface area (Å²) < 4.78 is 9.94. The lowest BCUT2D eigenvalue weighted by Crippen LogP contribution is -2.11. The summed E-state index contributed by atoms with van der Waals surface area (Å²) in [7, 11) is 1.48. The van der Waals surface area contributed by atoms with Crippen molar-refractivity contribution in [3.05, 3.63) is 169 Å². The number of methoxy groups -OCH3 is 1. The quantitative estimate of drug-likeness (QED) is 0.0818. The molecule has 0 spiro atoms. The number of carbonyl (C=O) groups excluding carboxylic acids is 2. The number of hydrogen-bond donors (Lipinski definition) is 0. The van der Waals surface area contributed by atoms with Crippen LogP contribution in [0.25, 0.3) is 11.1 Å². The molecule has 0 amide bonds. The van der Waals surface area contributed by atoms with Gasteiger partial charge in [0.05, 0.1) is 5.56 Å². The maximum atomic E-state index is 12.3. The summed E-state index contributed by atoms with van der Waals surface area (Å²) in [6.45, 7) is 1.49. The van der Waals surface area contributed by atoms with Crippen molar-refractivity contribution in [2.45, 2.75) is 6.92 Å². The fourth-order valence-electron chi connectivity index (χ4n) is 5.44. The number of esters is 1. The highest BCUT2D eigenvalue weighted by Gasteiger charge is 2.16. The molecule has 6 nitrogen and oxygen atoms in total. The molecule has 0 bridgehead atoms. The van der Waals surface area contributed by atoms with Gasteiger partial charge in [-0.3, -0.25) is 4.79 Å². The Labute approximate surface area is 275 Å². The topological polar surface area (TPSA) is 59.1 Å². The fourth-order valence-corrected chi connectivity index (χ4v) is 5.44. The van der Waals surface area contributed by atoms with Gasteiger partial charge in [0.25, 0.3) is 0 Å². The lowest BCUT2D eigenvalue weighted by atomic mass is 10.0. The summed E-state index contributed by atoms with van der Waals surface area (Å²) in [5.41, 5.74) is 9.22. The van der Waals surface area contributed by atoms with E-state index in [1.165, 1.54) is 7.11 Å². The van der Waals surface area contributed by atoms with Crippen LogP contribution in [-0.2, 0) is 9.47 Å². The third kappa shape index (κ3) is 7.14. The van der Waals surface area contributed by atoms with Gasteiger partial charge in [-0.1, -0.05) is 60.7 Å². The number of anilines is 6. The van der Waals surface area contributed by atoms with Crippen LogP contribution in [0.1, 0.15) is 27.6 Å². The molecule has 232 valence electrons. The second kappa shape index (κ2) is 14.4. The van der Waals surface area contributed by atoms with Crippen molar-refractivity contribution in [2.24, 2.45) is 0 Å². The molecule has 0 N–H and O–H groups in total. The van der Waals surface area contributed by atoms with Crippen LogP contribution in [0.15, 0.2) is 158 Å². The standard InChI is InChI=1S/C41H34N2O4/c1-30(44)31-13-21-37(22-14-31)42(35-9-5-3-6-10-35)38-23-15-32(16-24-38)33-17-25-39(26-18-33)43(36-11-7-4-8-12-36)40-27-19-34(20-28-40)41(45)47-29-46-2/h3-28H,29H2,1-2H3. The number of ether oxygens (including phenoxy) is 2. The van der Waals surface area contributed by atoms with Crippen molar-refractivity contribution in [2.75, 3.05) is 23.7 Å². The van der Waals surface area contributed by atoms with Gasteiger partial charge in [-0.15, -0.1) is 0 Å². The van der Waals surface area contributed by atoms with Crippen molar-refractivity contribution in [3.63, 3.8) is 0 Å². The Kier molecular flexibility index (Phi) is 9.51. The van der Waals surface area contributed by atoms with Crippen molar-refractivity contribution < 1.29 is 19.1 Å². The highest BCUT2D eigenvalue weighted by Crippen LogP contribution is 2.38. The molecule has 6 rings (SSSR count). The Morgan fingerprint density at radius 1 is 0.468 bits per heavy atom. The molecule has 0 unspecified atom stereocenters. The van der Waals surface area contributed by atoms with Crippen molar-refractivity contribution >= 4 is 45.9 Å². The second-order valence-corrected chi connectivity index (χ2v) is 10.9. The van der Waals surface area contributed by atoms with Crippen LogP contribution in [-0.4, -0.2) is 25.7 Å². The first-order valence-electron chi connectivity index (χ1n) is 15.3. The minimum absolute atomic E-state index is 0.0447. The van der Waals surface area contributed by atoms with E-state index in [0.29, 0.717) is 11.1 Å². The van der Waals surface area contributed by atoms with E-state index in [2.05, 4.69) is 82.6 Å².